The van der Waals surface area contributed by atoms with Crippen LogP contribution in [0.4, 0.5) is 0 Å². The van der Waals surface area contributed by atoms with E-state index in [9.17, 15) is 24.3 Å². The number of thioether (sulfide) groups is 1. The summed E-state index contributed by atoms with van der Waals surface area (Å²) in [6.45, 7) is 3.71. The minimum Gasteiger partial charge on any atom is -0.480 e. The molecule has 2 atom stereocenters. The molecular weight excluding hydrogens is 382 g/mol. The summed E-state index contributed by atoms with van der Waals surface area (Å²) in [5.41, 5.74) is -0.877. The second-order valence-electron chi connectivity index (χ2n) is 6.98. The van der Waals surface area contributed by atoms with Gasteiger partial charge in [-0.05, 0) is 42.9 Å². The molecule has 1 aromatic carbocycles. The number of benzene rings is 1. The maximum atomic E-state index is 12.9. The zero-order valence-electron chi connectivity index (χ0n) is 16.1. The average molecular weight is 407 g/mol. The minimum atomic E-state index is -1.15. The van der Waals surface area contributed by atoms with Crippen LogP contribution < -0.4 is 16.6 Å². The molecule has 28 heavy (non-hydrogen) atoms. The Labute approximate surface area is 166 Å². The molecule has 0 bridgehead atoms. The van der Waals surface area contributed by atoms with Gasteiger partial charge >= 0.3 is 11.7 Å². The third-order valence-electron chi connectivity index (χ3n) is 4.37. The molecule has 0 unspecified atom stereocenters. The van der Waals surface area contributed by atoms with Crippen LogP contribution >= 0.6 is 11.8 Å². The zero-order chi connectivity index (χ0) is 20.8. The second kappa shape index (κ2) is 9.59. The smallest absolute Gasteiger partial charge is 0.329 e. The molecule has 9 heteroatoms. The van der Waals surface area contributed by atoms with Gasteiger partial charge in [0.25, 0.3) is 5.56 Å². The van der Waals surface area contributed by atoms with Gasteiger partial charge < -0.3 is 15.4 Å². The van der Waals surface area contributed by atoms with Crippen LogP contribution in [-0.4, -0.2) is 44.6 Å². The Bertz CT molecular complexity index is 966. The Morgan fingerprint density at radius 3 is 2.54 bits per heavy atom. The fraction of sp³-hybridized carbons (Fsp3) is 0.474. The Balaban J connectivity index is 2.47. The van der Waals surface area contributed by atoms with Gasteiger partial charge in [-0.2, -0.15) is 11.8 Å². The van der Waals surface area contributed by atoms with Crippen molar-refractivity contribution < 1.29 is 14.7 Å². The number of carbonyl (C=O) groups excluding carboxylic acids is 1. The van der Waals surface area contributed by atoms with Gasteiger partial charge in [0.2, 0.25) is 5.91 Å². The first-order chi connectivity index (χ1) is 13.3. The van der Waals surface area contributed by atoms with Gasteiger partial charge in [-0.1, -0.05) is 26.0 Å². The number of hydrogen-bond donors (Lipinski definition) is 3. The first-order valence-electron chi connectivity index (χ1n) is 9.02. The van der Waals surface area contributed by atoms with E-state index in [1.807, 2.05) is 20.1 Å². The van der Waals surface area contributed by atoms with E-state index in [0.29, 0.717) is 16.7 Å². The summed E-state index contributed by atoms with van der Waals surface area (Å²) >= 11 is 1.47. The molecule has 2 aromatic rings. The van der Waals surface area contributed by atoms with Crippen LogP contribution in [0.2, 0.25) is 0 Å². The summed E-state index contributed by atoms with van der Waals surface area (Å²) in [5.74, 6) is -1.22. The number of H-pyrrole nitrogens is 1. The largest absolute Gasteiger partial charge is 0.480 e. The van der Waals surface area contributed by atoms with Crippen molar-refractivity contribution in [3.63, 3.8) is 0 Å². The van der Waals surface area contributed by atoms with Crippen molar-refractivity contribution in [3.8, 4) is 0 Å². The van der Waals surface area contributed by atoms with Crippen LogP contribution in [0.15, 0.2) is 33.9 Å². The summed E-state index contributed by atoms with van der Waals surface area (Å²) in [6.07, 6.45) is 2.32. The highest BCUT2D eigenvalue weighted by molar-refractivity contribution is 7.98. The number of carboxylic acid groups (broad SMARTS) is 1. The Morgan fingerprint density at radius 1 is 1.25 bits per heavy atom. The summed E-state index contributed by atoms with van der Waals surface area (Å²) in [7, 11) is 0. The molecule has 1 heterocycles. The molecular formula is C19H25N3O5S. The number of hydrogen-bond acceptors (Lipinski definition) is 5. The Morgan fingerprint density at radius 2 is 1.93 bits per heavy atom. The fourth-order valence-corrected chi connectivity index (χ4v) is 3.49. The lowest BCUT2D eigenvalue weighted by Crippen LogP contribution is -2.49. The highest BCUT2D eigenvalue weighted by Crippen LogP contribution is 2.15. The summed E-state index contributed by atoms with van der Waals surface area (Å²) < 4.78 is 0.891. The molecule has 0 radical (unpaired) electrons. The molecule has 3 N–H and O–H groups in total. The zero-order valence-corrected chi connectivity index (χ0v) is 16.9. The maximum absolute atomic E-state index is 12.9. The quantitative estimate of drug-likeness (QED) is 0.580. The van der Waals surface area contributed by atoms with Crippen molar-refractivity contribution in [1.82, 2.24) is 14.9 Å². The lowest BCUT2D eigenvalue weighted by Gasteiger charge is -2.22. The van der Waals surface area contributed by atoms with Crippen LogP contribution in [-0.2, 0) is 9.59 Å². The molecule has 0 aliphatic heterocycles. The lowest BCUT2D eigenvalue weighted by atomic mass is 10.0. The molecule has 0 saturated carbocycles. The molecule has 0 spiro atoms. The van der Waals surface area contributed by atoms with E-state index >= 15 is 0 Å². The number of nitrogens with one attached hydrogen (secondary N) is 2. The monoisotopic (exact) mass is 407 g/mol. The van der Waals surface area contributed by atoms with E-state index in [1.54, 1.807) is 24.3 Å². The normalized spacial score (nSPS) is 13.4. The molecule has 0 aliphatic carbocycles. The van der Waals surface area contributed by atoms with Gasteiger partial charge in [0, 0.05) is 0 Å². The topological polar surface area (TPSA) is 121 Å². The number of rotatable bonds is 9. The number of aromatic nitrogens is 2. The van der Waals surface area contributed by atoms with E-state index in [-0.39, 0.29) is 18.8 Å². The van der Waals surface area contributed by atoms with E-state index in [0.717, 1.165) is 4.57 Å². The van der Waals surface area contributed by atoms with Gasteiger partial charge in [0.15, 0.2) is 0 Å². The predicted octanol–water partition coefficient (Wildman–Crippen LogP) is 1.60. The molecule has 0 saturated heterocycles. The average Bonchev–Trinajstić information content (AvgIpc) is 2.63. The van der Waals surface area contributed by atoms with Gasteiger partial charge in [0.05, 0.1) is 10.9 Å². The fourth-order valence-electron chi connectivity index (χ4n) is 3.03. The molecule has 8 nitrogen and oxygen atoms in total. The first kappa shape index (κ1) is 21.7. The summed E-state index contributed by atoms with van der Waals surface area (Å²) in [5, 5.41) is 12.2. The predicted molar refractivity (Wildman–Crippen MR) is 110 cm³/mol. The van der Waals surface area contributed by atoms with Gasteiger partial charge in [-0.25, -0.2) is 14.2 Å². The van der Waals surface area contributed by atoms with Crippen LogP contribution in [0.25, 0.3) is 10.9 Å². The van der Waals surface area contributed by atoms with Gasteiger partial charge in [-0.3, -0.25) is 9.59 Å². The highest BCUT2D eigenvalue weighted by atomic mass is 32.2. The van der Waals surface area contributed by atoms with E-state index in [2.05, 4.69) is 10.3 Å². The molecule has 2 rings (SSSR count). The van der Waals surface area contributed by atoms with Crippen molar-refractivity contribution in [3.05, 3.63) is 45.1 Å². The Kier molecular flexibility index (Phi) is 7.45. The number of amides is 1. The van der Waals surface area contributed by atoms with E-state index in [1.165, 1.54) is 11.8 Å². The second-order valence-corrected chi connectivity index (χ2v) is 7.96. The number of aliphatic carboxylic acids is 1. The molecule has 1 amide bonds. The number of aromatic amines is 1. The minimum absolute atomic E-state index is 0.0536. The van der Waals surface area contributed by atoms with Crippen LogP contribution in [0.1, 0.15) is 32.7 Å². The van der Waals surface area contributed by atoms with Gasteiger partial charge in [0.1, 0.15) is 12.1 Å². The van der Waals surface area contributed by atoms with Crippen molar-refractivity contribution in [2.45, 2.75) is 38.8 Å². The third kappa shape index (κ3) is 5.03. The van der Waals surface area contributed by atoms with Gasteiger partial charge in [-0.15, -0.1) is 0 Å². The Hall–Kier alpha value is -2.55. The number of para-hydroxylation sites is 1. The first-order valence-corrected chi connectivity index (χ1v) is 10.4. The molecule has 0 fully saturated rings. The van der Waals surface area contributed by atoms with Crippen molar-refractivity contribution in [2.75, 3.05) is 12.0 Å². The van der Waals surface area contributed by atoms with Crippen molar-refractivity contribution in [1.29, 1.82) is 0 Å². The lowest BCUT2D eigenvalue weighted by molar-refractivity contribution is -0.142. The molecule has 152 valence electrons. The van der Waals surface area contributed by atoms with Crippen LogP contribution in [0, 0.1) is 5.92 Å². The van der Waals surface area contributed by atoms with Crippen LogP contribution in [0.5, 0.6) is 0 Å². The van der Waals surface area contributed by atoms with Crippen LogP contribution in [0.3, 0.4) is 0 Å². The number of carboxylic acids is 1. The number of nitrogens with zero attached hydrogens (tertiary/aromatic N) is 1. The number of fused-ring (bicyclic) bond motifs is 1. The summed E-state index contributed by atoms with van der Waals surface area (Å²) in [6, 6.07) is 4.38. The maximum Gasteiger partial charge on any atom is 0.329 e. The summed E-state index contributed by atoms with van der Waals surface area (Å²) in [4.78, 5) is 52.5. The third-order valence-corrected chi connectivity index (χ3v) is 5.01. The SMILES string of the molecule is CSCC[C@@H](C(=O)N[C@@H](CC(C)C)C(=O)O)n1c(=O)[nH]c2ccccc2c1=O. The van der Waals surface area contributed by atoms with Crippen molar-refractivity contribution in [2.24, 2.45) is 5.92 Å². The van der Waals surface area contributed by atoms with Crippen molar-refractivity contribution >= 4 is 34.5 Å². The highest BCUT2D eigenvalue weighted by Gasteiger charge is 2.29. The van der Waals surface area contributed by atoms with E-state index in [4.69, 9.17) is 0 Å². The number of carbonyl (C=O) groups is 2. The molecule has 0 aliphatic rings. The standard InChI is InChI=1S/C19H25N3O5S/c1-11(2)10-14(18(25)26)20-16(23)15(8-9-28-3)22-17(24)12-6-4-5-7-13(12)21-19(22)27/h4-7,11,14-15H,8-10H2,1-3H3,(H,20,23)(H,21,27)(H,25,26)/t14-,15-/m0/s1. The van der Waals surface area contributed by atoms with E-state index < -0.39 is 35.2 Å². The molecule has 1 aromatic heterocycles.